The third-order valence-electron chi connectivity index (χ3n) is 4.17. The van der Waals surface area contributed by atoms with Gasteiger partial charge >= 0.3 is 5.97 Å². The Balaban J connectivity index is 2.21. The summed E-state index contributed by atoms with van der Waals surface area (Å²) in [6.07, 6.45) is 1.94. The second-order valence-corrected chi connectivity index (χ2v) is 5.62. The Bertz CT molecular complexity index is 518. The number of aromatic nitrogens is 2. The molecule has 1 fully saturated rings. The number of hydrogen-bond acceptors (Lipinski definition) is 3. The Kier molecular flexibility index (Phi) is 3.83. The first kappa shape index (κ1) is 14.6. The minimum absolute atomic E-state index is 0.118. The molecule has 0 aromatic carbocycles. The molecule has 1 amide bonds. The SMILES string of the molecule is CCCC1(C(=O)O)CCN(C(=O)c2c(C)n[nH]c2C)C1. The fraction of sp³-hybridized carbons (Fsp3) is 0.643. The molecule has 0 saturated carbocycles. The van der Waals surface area contributed by atoms with Gasteiger partial charge in [-0.3, -0.25) is 14.7 Å². The summed E-state index contributed by atoms with van der Waals surface area (Å²) in [5.74, 6) is -0.914. The predicted molar refractivity (Wildman–Crippen MR) is 73.6 cm³/mol. The van der Waals surface area contributed by atoms with Gasteiger partial charge in [-0.1, -0.05) is 13.3 Å². The number of H-pyrrole nitrogens is 1. The van der Waals surface area contributed by atoms with E-state index in [9.17, 15) is 14.7 Å². The predicted octanol–water partition coefficient (Wildman–Crippen LogP) is 1.74. The molecule has 1 aliphatic rings. The second kappa shape index (κ2) is 5.26. The summed E-state index contributed by atoms with van der Waals surface area (Å²) in [7, 11) is 0. The number of hydrogen-bond donors (Lipinski definition) is 2. The number of carbonyl (C=O) groups excluding carboxylic acids is 1. The number of rotatable bonds is 4. The average molecular weight is 279 g/mol. The zero-order chi connectivity index (χ0) is 14.9. The highest BCUT2D eigenvalue weighted by atomic mass is 16.4. The third kappa shape index (κ3) is 2.30. The van der Waals surface area contributed by atoms with E-state index in [0.717, 1.165) is 12.1 Å². The van der Waals surface area contributed by atoms with E-state index in [-0.39, 0.29) is 5.91 Å². The molecule has 1 aliphatic heterocycles. The number of aryl methyl sites for hydroxylation is 2. The molecular formula is C14H21N3O3. The van der Waals surface area contributed by atoms with Crippen LogP contribution in [0, 0.1) is 19.3 Å². The first-order valence-electron chi connectivity index (χ1n) is 6.95. The highest BCUT2D eigenvalue weighted by molar-refractivity contribution is 5.97. The summed E-state index contributed by atoms with van der Waals surface area (Å²) in [6, 6.07) is 0. The Morgan fingerprint density at radius 3 is 2.65 bits per heavy atom. The molecule has 1 saturated heterocycles. The Morgan fingerprint density at radius 1 is 1.45 bits per heavy atom. The summed E-state index contributed by atoms with van der Waals surface area (Å²) >= 11 is 0. The molecule has 0 spiro atoms. The maximum Gasteiger partial charge on any atom is 0.311 e. The molecule has 20 heavy (non-hydrogen) atoms. The Morgan fingerprint density at radius 2 is 2.15 bits per heavy atom. The van der Waals surface area contributed by atoms with Crippen LogP contribution in [0.15, 0.2) is 0 Å². The van der Waals surface area contributed by atoms with Gasteiger partial charge in [0.1, 0.15) is 0 Å². The smallest absolute Gasteiger partial charge is 0.311 e. The lowest BCUT2D eigenvalue weighted by Crippen LogP contribution is -2.37. The molecule has 6 nitrogen and oxygen atoms in total. The van der Waals surface area contributed by atoms with Gasteiger partial charge in [0, 0.05) is 18.8 Å². The van der Waals surface area contributed by atoms with Crippen molar-refractivity contribution in [3.8, 4) is 0 Å². The van der Waals surface area contributed by atoms with Crippen LogP contribution in [0.4, 0.5) is 0 Å². The van der Waals surface area contributed by atoms with E-state index < -0.39 is 11.4 Å². The van der Waals surface area contributed by atoms with E-state index in [1.165, 1.54) is 0 Å². The van der Waals surface area contributed by atoms with Crippen LogP contribution in [0.2, 0.25) is 0 Å². The minimum atomic E-state index is -0.796. The van der Waals surface area contributed by atoms with E-state index in [4.69, 9.17) is 0 Å². The minimum Gasteiger partial charge on any atom is -0.481 e. The van der Waals surface area contributed by atoms with Crippen molar-refractivity contribution in [3.05, 3.63) is 17.0 Å². The Hall–Kier alpha value is -1.85. The summed E-state index contributed by atoms with van der Waals surface area (Å²) in [5, 5.41) is 16.3. The molecule has 2 N–H and O–H groups in total. The van der Waals surface area contributed by atoms with Gasteiger partial charge in [0.2, 0.25) is 0 Å². The number of likely N-dealkylation sites (tertiary alicyclic amines) is 1. The van der Waals surface area contributed by atoms with Crippen molar-refractivity contribution in [2.24, 2.45) is 5.41 Å². The number of nitrogens with zero attached hydrogens (tertiary/aromatic N) is 2. The summed E-state index contributed by atoms with van der Waals surface area (Å²) < 4.78 is 0. The van der Waals surface area contributed by atoms with Gasteiger partial charge in [-0.2, -0.15) is 5.10 Å². The van der Waals surface area contributed by atoms with Gasteiger partial charge in [-0.05, 0) is 26.7 Å². The molecule has 1 aromatic rings. The maximum atomic E-state index is 12.5. The molecule has 0 bridgehead atoms. The zero-order valence-electron chi connectivity index (χ0n) is 12.2. The fourth-order valence-corrected chi connectivity index (χ4v) is 3.03. The van der Waals surface area contributed by atoms with Crippen molar-refractivity contribution in [3.63, 3.8) is 0 Å². The van der Waals surface area contributed by atoms with Crippen LogP contribution in [-0.4, -0.2) is 45.2 Å². The van der Waals surface area contributed by atoms with Crippen LogP contribution in [0.1, 0.15) is 47.9 Å². The molecule has 110 valence electrons. The molecule has 6 heteroatoms. The van der Waals surface area contributed by atoms with Crippen molar-refractivity contribution >= 4 is 11.9 Å². The van der Waals surface area contributed by atoms with Crippen molar-refractivity contribution in [1.82, 2.24) is 15.1 Å². The zero-order valence-corrected chi connectivity index (χ0v) is 12.2. The molecule has 0 radical (unpaired) electrons. The number of aromatic amines is 1. The number of carboxylic acids is 1. The molecule has 1 atom stereocenters. The third-order valence-corrected chi connectivity index (χ3v) is 4.17. The van der Waals surface area contributed by atoms with Crippen molar-refractivity contribution in [2.45, 2.75) is 40.0 Å². The molecule has 1 unspecified atom stereocenters. The van der Waals surface area contributed by atoms with Gasteiger partial charge in [0.15, 0.2) is 0 Å². The molecular weight excluding hydrogens is 258 g/mol. The molecule has 0 aliphatic carbocycles. The largest absolute Gasteiger partial charge is 0.481 e. The maximum absolute atomic E-state index is 12.5. The lowest BCUT2D eigenvalue weighted by molar-refractivity contribution is -0.148. The fourth-order valence-electron chi connectivity index (χ4n) is 3.03. The van der Waals surface area contributed by atoms with E-state index >= 15 is 0 Å². The number of carboxylic acid groups (broad SMARTS) is 1. The van der Waals surface area contributed by atoms with E-state index in [1.807, 2.05) is 6.92 Å². The first-order chi connectivity index (χ1) is 9.41. The van der Waals surface area contributed by atoms with Gasteiger partial charge in [-0.25, -0.2) is 0 Å². The van der Waals surface area contributed by atoms with E-state index in [0.29, 0.717) is 37.2 Å². The number of nitrogens with one attached hydrogen (secondary N) is 1. The normalized spacial score (nSPS) is 22.2. The van der Waals surface area contributed by atoms with Crippen molar-refractivity contribution in [2.75, 3.05) is 13.1 Å². The second-order valence-electron chi connectivity index (χ2n) is 5.62. The number of amides is 1. The average Bonchev–Trinajstić information content (AvgIpc) is 2.95. The van der Waals surface area contributed by atoms with Crippen LogP contribution in [0.25, 0.3) is 0 Å². The molecule has 2 heterocycles. The van der Waals surface area contributed by atoms with Crippen molar-refractivity contribution in [1.29, 1.82) is 0 Å². The van der Waals surface area contributed by atoms with E-state index in [1.54, 1.807) is 18.7 Å². The monoisotopic (exact) mass is 279 g/mol. The topological polar surface area (TPSA) is 86.3 Å². The van der Waals surface area contributed by atoms with Crippen LogP contribution in [0.3, 0.4) is 0 Å². The molecule has 2 rings (SSSR count). The van der Waals surface area contributed by atoms with Crippen molar-refractivity contribution < 1.29 is 14.7 Å². The van der Waals surface area contributed by atoms with Gasteiger partial charge in [0.25, 0.3) is 5.91 Å². The quantitative estimate of drug-likeness (QED) is 0.879. The van der Waals surface area contributed by atoms with Gasteiger partial charge in [-0.15, -0.1) is 0 Å². The van der Waals surface area contributed by atoms with Crippen LogP contribution < -0.4 is 0 Å². The summed E-state index contributed by atoms with van der Waals surface area (Å²) in [5.41, 5.74) is 1.19. The van der Waals surface area contributed by atoms with Gasteiger partial charge < -0.3 is 10.0 Å². The Labute approximate surface area is 118 Å². The molecule has 1 aromatic heterocycles. The van der Waals surface area contributed by atoms with Crippen LogP contribution in [0.5, 0.6) is 0 Å². The number of carbonyl (C=O) groups is 2. The first-order valence-corrected chi connectivity index (χ1v) is 6.95. The number of aliphatic carboxylic acids is 1. The highest BCUT2D eigenvalue weighted by Crippen LogP contribution is 2.36. The van der Waals surface area contributed by atoms with Crippen LogP contribution in [-0.2, 0) is 4.79 Å². The standard InChI is InChI=1S/C14H21N3O3/c1-4-5-14(13(19)20)6-7-17(8-14)12(18)11-9(2)15-16-10(11)3/h4-8H2,1-3H3,(H,15,16)(H,19,20). The lowest BCUT2D eigenvalue weighted by atomic mass is 9.83. The van der Waals surface area contributed by atoms with Gasteiger partial charge in [0.05, 0.1) is 16.7 Å². The highest BCUT2D eigenvalue weighted by Gasteiger charge is 2.45. The van der Waals surface area contributed by atoms with Crippen LogP contribution >= 0.6 is 0 Å². The van der Waals surface area contributed by atoms with E-state index in [2.05, 4.69) is 10.2 Å². The summed E-state index contributed by atoms with van der Waals surface area (Å²) in [6.45, 7) is 6.34. The summed E-state index contributed by atoms with van der Waals surface area (Å²) in [4.78, 5) is 25.7. The lowest BCUT2D eigenvalue weighted by Gasteiger charge is -2.24.